The van der Waals surface area contributed by atoms with Gasteiger partial charge in [0.15, 0.2) is 11.6 Å². The number of unbranched alkanes of at least 4 members (excludes halogenated alkanes) is 4. The fourth-order valence-corrected chi connectivity index (χ4v) is 4.87. The molecule has 0 N–H and O–H groups in total. The number of hydrogen-bond donors (Lipinski definition) is 0. The van der Waals surface area contributed by atoms with Gasteiger partial charge in [-0.25, -0.2) is 4.39 Å². The van der Waals surface area contributed by atoms with E-state index in [1.54, 1.807) is 12.1 Å². The molecule has 32 heavy (non-hydrogen) atoms. The van der Waals surface area contributed by atoms with Gasteiger partial charge in [-0.15, -0.1) is 6.58 Å². The number of benzene rings is 2. The smallest absolute Gasteiger partial charge is 0.201 e. The number of hydrogen-bond acceptors (Lipinski definition) is 1. The van der Waals surface area contributed by atoms with E-state index in [0.717, 1.165) is 5.92 Å². The van der Waals surface area contributed by atoms with Crippen molar-refractivity contribution in [3.05, 3.63) is 66.3 Å². The Morgan fingerprint density at radius 1 is 0.906 bits per heavy atom. The molecule has 1 aliphatic carbocycles. The molecular weight excluding hydrogens is 402 g/mol. The highest BCUT2D eigenvalue weighted by atomic mass is 19.2. The molecule has 0 spiro atoms. The van der Waals surface area contributed by atoms with Gasteiger partial charge in [-0.3, -0.25) is 0 Å². The van der Waals surface area contributed by atoms with E-state index in [2.05, 4.69) is 25.6 Å². The van der Waals surface area contributed by atoms with Gasteiger partial charge in [0.25, 0.3) is 0 Å². The Morgan fingerprint density at radius 2 is 1.62 bits per heavy atom. The molecule has 0 bridgehead atoms. The summed E-state index contributed by atoms with van der Waals surface area (Å²) >= 11 is 0. The second-order valence-electron chi connectivity index (χ2n) is 9.21. The second-order valence-corrected chi connectivity index (χ2v) is 9.21. The lowest BCUT2D eigenvalue weighted by atomic mass is 9.77. The summed E-state index contributed by atoms with van der Waals surface area (Å²) in [6.45, 7) is 6.15. The third-order valence-electron chi connectivity index (χ3n) is 6.88. The van der Waals surface area contributed by atoms with Gasteiger partial charge >= 0.3 is 0 Å². The molecule has 0 aromatic heterocycles. The molecule has 2 aromatic rings. The Morgan fingerprint density at radius 3 is 2.31 bits per heavy atom. The van der Waals surface area contributed by atoms with Crippen LogP contribution < -0.4 is 4.74 Å². The van der Waals surface area contributed by atoms with E-state index in [9.17, 15) is 8.78 Å². The first-order valence-electron chi connectivity index (χ1n) is 12.5. The number of halogens is 2. The molecule has 2 aromatic carbocycles. The topological polar surface area (TPSA) is 9.23 Å². The largest absolute Gasteiger partial charge is 0.490 e. The first-order chi connectivity index (χ1) is 15.6. The summed E-state index contributed by atoms with van der Waals surface area (Å²) in [5, 5.41) is 0. The third kappa shape index (κ3) is 6.67. The zero-order valence-corrected chi connectivity index (χ0v) is 19.6. The summed E-state index contributed by atoms with van der Waals surface area (Å²) in [5.74, 6) is -0.358. The molecule has 0 radical (unpaired) electrons. The van der Waals surface area contributed by atoms with Crippen molar-refractivity contribution in [1.82, 2.24) is 0 Å². The van der Waals surface area contributed by atoms with Crippen molar-refractivity contribution in [1.29, 1.82) is 0 Å². The van der Waals surface area contributed by atoms with Gasteiger partial charge in [0.1, 0.15) is 0 Å². The van der Waals surface area contributed by atoms with E-state index in [1.807, 2.05) is 12.1 Å². The van der Waals surface area contributed by atoms with Crippen LogP contribution in [0.25, 0.3) is 11.1 Å². The van der Waals surface area contributed by atoms with E-state index in [0.29, 0.717) is 17.9 Å². The molecule has 174 valence electrons. The monoisotopic (exact) mass is 440 g/mol. The summed E-state index contributed by atoms with van der Waals surface area (Å²) in [4.78, 5) is 0. The summed E-state index contributed by atoms with van der Waals surface area (Å²) in [6.07, 6.45) is 15.6. The Labute approximate surface area is 192 Å². The normalized spacial score (nSPS) is 18.5. The predicted octanol–water partition coefficient (Wildman–Crippen LogP) is 9.22. The van der Waals surface area contributed by atoms with Crippen molar-refractivity contribution in [2.75, 3.05) is 6.61 Å². The van der Waals surface area contributed by atoms with Gasteiger partial charge in [0, 0.05) is 5.56 Å². The second kappa shape index (κ2) is 12.8. The van der Waals surface area contributed by atoms with Gasteiger partial charge in [0.2, 0.25) is 5.82 Å². The van der Waals surface area contributed by atoms with Gasteiger partial charge < -0.3 is 4.74 Å². The maximum absolute atomic E-state index is 14.7. The van der Waals surface area contributed by atoms with Crippen LogP contribution in [-0.4, -0.2) is 6.61 Å². The quantitative estimate of drug-likeness (QED) is 0.236. The third-order valence-corrected chi connectivity index (χ3v) is 6.88. The van der Waals surface area contributed by atoms with E-state index < -0.39 is 11.6 Å². The van der Waals surface area contributed by atoms with Crippen LogP contribution in [0.2, 0.25) is 0 Å². The fraction of sp³-hybridized carbons (Fsp3) is 0.517. The molecule has 3 rings (SSSR count). The van der Waals surface area contributed by atoms with E-state index in [-0.39, 0.29) is 17.9 Å². The standard InChI is InChI=1S/C29H38F2O/c1-3-5-7-8-9-10-22-11-13-23(14-12-22)24-15-17-25(18-16-24)26-19-20-27(29(31)28(26)30)32-21-6-4-2/h4,15-20,22-23H,2-3,5-14,21H2,1H3. The van der Waals surface area contributed by atoms with Crippen molar-refractivity contribution in [2.45, 2.75) is 83.5 Å². The lowest BCUT2D eigenvalue weighted by Crippen LogP contribution is -2.13. The van der Waals surface area contributed by atoms with Crippen LogP contribution in [0.4, 0.5) is 8.78 Å². The van der Waals surface area contributed by atoms with Crippen molar-refractivity contribution >= 4 is 0 Å². The summed E-state index contributed by atoms with van der Waals surface area (Å²) in [5.41, 5.74) is 2.29. The highest BCUT2D eigenvalue weighted by Gasteiger charge is 2.22. The minimum absolute atomic E-state index is 0.0492. The molecule has 0 atom stereocenters. The highest BCUT2D eigenvalue weighted by Crippen LogP contribution is 2.38. The molecule has 0 aliphatic heterocycles. The van der Waals surface area contributed by atoms with E-state index in [1.165, 1.54) is 75.8 Å². The molecule has 0 amide bonds. The molecular formula is C29H38F2O. The van der Waals surface area contributed by atoms with E-state index >= 15 is 0 Å². The first kappa shape index (κ1) is 24.5. The highest BCUT2D eigenvalue weighted by molar-refractivity contribution is 5.65. The summed E-state index contributed by atoms with van der Waals surface area (Å²) in [6, 6.07) is 11.1. The van der Waals surface area contributed by atoms with Gasteiger partial charge in [0.05, 0.1) is 6.61 Å². The van der Waals surface area contributed by atoms with Crippen molar-refractivity contribution < 1.29 is 13.5 Å². The van der Waals surface area contributed by atoms with Crippen LogP contribution in [-0.2, 0) is 0 Å². The predicted molar refractivity (Wildman–Crippen MR) is 130 cm³/mol. The summed E-state index contributed by atoms with van der Waals surface area (Å²) in [7, 11) is 0. The van der Waals surface area contributed by atoms with Crippen LogP contribution in [0.5, 0.6) is 5.75 Å². The Kier molecular flexibility index (Phi) is 9.77. The minimum atomic E-state index is -0.927. The zero-order valence-electron chi connectivity index (χ0n) is 19.6. The molecule has 0 heterocycles. The SMILES string of the molecule is C=CCCOc1ccc(-c2ccc(C3CCC(CCCCCCC)CC3)cc2)c(F)c1F. The van der Waals surface area contributed by atoms with Crippen LogP contribution in [0.15, 0.2) is 49.1 Å². The lowest BCUT2D eigenvalue weighted by Gasteiger charge is -2.29. The average Bonchev–Trinajstić information content (AvgIpc) is 2.82. The average molecular weight is 441 g/mol. The van der Waals surface area contributed by atoms with Crippen LogP contribution in [0.1, 0.15) is 89.0 Å². The fourth-order valence-electron chi connectivity index (χ4n) is 4.87. The molecule has 0 saturated heterocycles. The van der Waals surface area contributed by atoms with Gasteiger partial charge in [-0.05, 0) is 67.2 Å². The maximum Gasteiger partial charge on any atom is 0.201 e. The Hall–Kier alpha value is -2.16. The van der Waals surface area contributed by atoms with Crippen molar-refractivity contribution in [3.63, 3.8) is 0 Å². The van der Waals surface area contributed by atoms with E-state index in [4.69, 9.17) is 4.74 Å². The van der Waals surface area contributed by atoms with Gasteiger partial charge in [-0.1, -0.05) is 75.8 Å². The first-order valence-corrected chi connectivity index (χ1v) is 12.5. The summed E-state index contributed by atoms with van der Waals surface area (Å²) < 4.78 is 34.4. The lowest BCUT2D eigenvalue weighted by molar-refractivity contribution is 0.301. The molecule has 0 unspecified atom stereocenters. The Bertz CT molecular complexity index is 835. The molecule has 1 nitrogen and oxygen atoms in total. The Balaban J connectivity index is 1.54. The molecule has 3 heteroatoms. The van der Waals surface area contributed by atoms with Crippen LogP contribution >= 0.6 is 0 Å². The molecule has 1 aliphatic rings. The van der Waals surface area contributed by atoms with Crippen molar-refractivity contribution in [2.24, 2.45) is 5.92 Å². The number of ether oxygens (including phenoxy) is 1. The zero-order chi connectivity index (χ0) is 22.8. The molecule has 1 saturated carbocycles. The van der Waals surface area contributed by atoms with Gasteiger partial charge in [-0.2, -0.15) is 4.39 Å². The number of rotatable bonds is 12. The van der Waals surface area contributed by atoms with Crippen molar-refractivity contribution in [3.8, 4) is 16.9 Å². The minimum Gasteiger partial charge on any atom is -0.490 e. The van der Waals surface area contributed by atoms with Crippen LogP contribution in [0, 0.1) is 17.6 Å². The molecule has 1 fully saturated rings. The van der Waals surface area contributed by atoms with Crippen LogP contribution in [0.3, 0.4) is 0 Å². The maximum atomic E-state index is 14.7.